The molecule has 4 heterocycles. The molecule has 0 aliphatic carbocycles. The monoisotopic (exact) mass is 1010 g/mol. The van der Waals surface area contributed by atoms with Gasteiger partial charge in [-0.15, -0.1) is 28.5 Å². The molecule has 0 bridgehead atoms. The standard InChI is InChI=1S/2C28H36N6O3/c1-6-15-32-17-21(4)33(18-20(32)3)27(24-9-8-10-25(16-24)36-5)22-11-13-23(14-12-22)28-29-30-31-34(28)19-26(35)37-7-2;1-6-15-32-17-21(4)33(18-20(32)3)27(24-9-8-10-25(16-24)36-5)22-11-13-23(14-12-22)28-29-31-34(30-28)19-26(35)37-7-2/h2*6,8-14,16,20-21,27H,1,7,15,17-19H2,2-5H3/t2*20-,21+,27-/m11/s1. The van der Waals surface area contributed by atoms with Crippen molar-refractivity contribution in [3.63, 3.8) is 0 Å². The van der Waals surface area contributed by atoms with Gasteiger partial charge in [0.1, 0.15) is 18.0 Å². The number of rotatable bonds is 20. The first-order valence-electron chi connectivity index (χ1n) is 25.4. The van der Waals surface area contributed by atoms with Gasteiger partial charge in [0, 0.05) is 74.6 Å². The molecule has 0 saturated carbocycles. The van der Waals surface area contributed by atoms with Crippen LogP contribution in [0.2, 0.25) is 0 Å². The minimum absolute atomic E-state index is 0.0330. The third-order valence-electron chi connectivity index (χ3n) is 13.7. The zero-order chi connectivity index (χ0) is 52.7. The van der Waals surface area contributed by atoms with Crippen LogP contribution in [0.3, 0.4) is 0 Å². The molecule has 74 heavy (non-hydrogen) atoms. The van der Waals surface area contributed by atoms with Crippen LogP contribution < -0.4 is 9.47 Å². The Balaban J connectivity index is 0.000000216. The van der Waals surface area contributed by atoms with Crippen LogP contribution in [-0.2, 0) is 32.2 Å². The fourth-order valence-corrected chi connectivity index (χ4v) is 10.0. The number of esters is 2. The number of nitrogens with zero attached hydrogens (tertiary/aromatic N) is 12. The highest BCUT2D eigenvalue weighted by Gasteiger charge is 2.36. The molecule has 392 valence electrons. The number of methoxy groups -OCH3 is 2. The number of benzene rings is 4. The maximum absolute atomic E-state index is 12.0. The lowest BCUT2D eigenvalue weighted by molar-refractivity contribution is -0.145. The van der Waals surface area contributed by atoms with Gasteiger partial charge in [-0.3, -0.25) is 24.4 Å². The van der Waals surface area contributed by atoms with Gasteiger partial charge in [-0.1, -0.05) is 84.9 Å². The Hall–Kier alpha value is -7.12. The molecular weight excluding hydrogens is 937 g/mol. The normalized spacial score (nSPS) is 19.4. The Kier molecular flexibility index (Phi) is 19.3. The van der Waals surface area contributed by atoms with Crippen LogP contribution in [0.4, 0.5) is 0 Å². The van der Waals surface area contributed by atoms with Crippen molar-refractivity contribution in [3.05, 3.63) is 145 Å². The van der Waals surface area contributed by atoms with E-state index in [1.807, 2.05) is 60.7 Å². The average molecular weight is 1010 g/mol. The number of hydrogen-bond acceptors (Lipinski definition) is 16. The molecule has 0 N–H and O–H groups in total. The summed E-state index contributed by atoms with van der Waals surface area (Å²) in [6, 6.07) is 34.7. The van der Waals surface area contributed by atoms with E-state index in [0.717, 1.165) is 67.5 Å². The molecule has 0 radical (unpaired) electrons. The summed E-state index contributed by atoms with van der Waals surface area (Å²) < 4.78 is 22.6. The Morgan fingerprint density at radius 1 is 0.608 bits per heavy atom. The highest BCUT2D eigenvalue weighted by Crippen LogP contribution is 2.37. The van der Waals surface area contributed by atoms with E-state index in [0.29, 0.717) is 49.0 Å². The zero-order valence-electron chi connectivity index (χ0n) is 44.2. The summed E-state index contributed by atoms with van der Waals surface area (Å²) in [6.07, 6.45) is 3.96. The van der Waals surface area contributed by atoms with E-state index in [1.165, 1.54) is 26.2 Å². The molecule has 2 aliphatic rings. The first-order valence-corrected chi connectivity index (χ1v) is 25.4. The first-order chi connectivity index (χ1) is 35.9. The van der Waals surface area contributed by atoms with Crippen LogP contribution in [0.15, 0.2) is 122 Å². The van der Waals surface area contributed by atoms with E-state index in [9.17, 15) is 9.59 Å². The van der Waals surface area contributed by atoms with Gasteiger partial charge in [-0.05, 0) is 104 Å². The van der Waals surface area contributed by atoms with Gasteiger partial charge < -0.3 is 18.9 Å². The van der Waals surface area contributed by atoms with Crippen LogP contribution >= 0.6 is 0 Å². The smallest absolute Gasteiger partial charge is 0.329 e. The highest BCUT2D eigenvalue weighted by atomic mass is 16.5. The van der Waals surface area contributed by atoms with Gasteiger partial charge in [0.15, 0.2) is 12.4 Å². The second-order valence-corrected chi connectivity index (χ2v) is 18.8. The van der Waals surface area contributed by atoms with Crippen LogP contribution in [0, 0.1) is 0 Å². The SMILES string of the molecule is C=CCN1C[C@H](C)N([C@H](c2ccc(-c3nnn(CC(=O)OCC)n3)cc2)c2cccc(OC)c2)C[C@H]1C.C=CCN1C[C@H](C)N([C@H](c2ccc(-c3nnnn3CC(=O)OCC)cc2)c2cccc(OC)c2)C[C@H]1C. The molecule has 18 nitrogen and oxygen atoms in total. The summed E-state index contributed by atoms with van der Waals surface area (Å²) in [7, 11) is 3.39. The lowest BCUT2D eigenvalue weighted by Gasteiger charge is -2.47. The average Bonchev–Trinajstić information content (AvgIpc) is 4.08. The molecule has 8 rings (SSSR count). The molecule has 0 amide bonds. The Morgan fingerprint density at radius 2 is 1.09 bits per heavy atom. The van der Waals surface area contributed by atoms with Gasteiger partial charge in [0.05, 0.1) is 39.5 Å². The van der Waals surface area contributed by atoms with E-state index >= 15 is 0 Å². The van der Waals surface area contributed by atoms with Crippen molar-refractivity contribution in [1.82, 2.24) is 60.0 Å². The molecule has 0 spiro atoms. The molecule has 6 aromatic rings. The minimum Gasteiger partial charge on any atom is -0.497 e. The van der Waals surface area contributed by atoms with Crippen molar-refractivity contribution in [2.24, 2.45) is 0 Å². The largest absolute Gasteiger partial charge is 0.497 e. The fourth-order valence-electron chi connectivity index (χ4n) is 10.0. The topological polar surface area (TPSA) is 171 Å². The number of hydrogen-bond donors (Lipinski definition) is 0. The van der Waals surface area contributed by atoms with Crippen molar-refractivity contribution in [2.75, 3.05) is 66.7 Å². The summed E-state index contributed by atoms with van der Waals surface area (Å²) in [5.41, 5.74) is 6.36. The van der Waals surface area contributed by atoms with Gasteiger partial charge in [-0.2, -0.15) is 4.80 Å². The number of carbonyl (C=O) groups is 2. The maximum Gasteiger partial charge on any atom is 0.329 e. The Bertz CT molecular complexity index is 2760. The van der Waals surface area contributed by atoms with Crippen LogP contribution in [0.5, 0.6) is 11.5 Å². The van der Waals surface area contributed by atoms with Gasteiger partial charge in [0.25, 0.3) is 0 Å². The van der Waals surface area contributed by atoms with Crippen molar-refractivity contribution in [1.29, 1.82) is 0 Å². The second-order valence-electron chi connectivity index (χ2n) is 18.8. The third-order valence-corrected chi connectivity index (χ3v) is 13.7. The lowest BCUT2D eigenvalue weighted by atomic mass is 9.92. The zero-order valence-corrected chi connectivity index (χ0v) is 44.2. The molecule has 4 aromatic carbocycles. The van der Waals surface area contributed by atoms with Gasteiger partial charge in [-0.25, -0.2) is 9.48 Å². The predicted molar refractivity (Wildman–Crippen MR) is 284 cm³/mol. The molecule has 2 aromatic heterocycles. The molecule has 2 saturated heterocycles. The van der Waals surface area contributed by atoms with E-state index < -0.39 is 0 Å². The Labute approximate surface area is 435 Å². The maximum atomic E-state index is 12.0. The lowest BCUT2D eigenvalue weighted by Crippen LogP contribution is -2.57. The van der Waals surface area contributed by atoms with E-state index in [2.05, 4.69) is 140 Å². The fraction of sp³-hybridized carbons (Fsp3) is 0.429. The van der Waals surface area contributed by atoms with E-state index in [-0.39, 0.29) is 37.1 Å². The summed E-state index contributed by atoms with van der Waals surface area (Å²) in [6.45, 7) is 26.6. The van der Waals surface area contributed by atoms with E-state index in [1.54, 1.807) is 28.1 Å². The summed E-state index contributed by atoms with van der Waals surface area (Å²) in [5, 5.41) is 24.4. The predicted octanol–water partition coefficient (Wildman–Crippen LogP) is 7.16. The highest BCUT2D eigenvalue weighted by molar-refractivity contribution is 5.70. The van der Waals surface area contributed by atoms with Gasteiger partial charge >= 0.3 is 11.9 Å². The molecule has 2 fully saturated rings. The molecule has 0 unspecified atom stereocenters. The van der Waals surface area contributed by atoms with Crippen molar-refractivity contribution in [3.8, 4) is 34.3 Å². The second kappa shape index (κ2) is 26.2. The molecule has 2 aliphatic heterocycles. The van der Waals surface area contributed by atoms with Crippen molar-refractivity contribution in [2.45, 2.75) is 90.9 Å². The summed E-state index contributed by atoms with van der Waals surface area (Å²) in [4.78, 5) is 35.1. The van der Waals surface area contributed by atoms with Crippen LogP contribution in [0.25, 0.3) is 22.8 Å². The number of tetrazole rings is 2. The van der Waals surface area contributed by atoms with Crippen LogP contribution in [0.1, 0.15) is 75.9 Å². The molecule has 18 heteroatoms. The van der Waals surface area contributed by atoms with Gasteiger partial charge in [0.2, 0.25) is 5.82 Å². The van der Waals surface area contributed by atoms with E-state index in [4.69, 9.17) is 18.9 Å². The minimum atomic E-state index is -0.389. The molecule has 6 atom stereocenters. The number of aromatic nitrogens is 8. The third kappa shape index (κ3) is 13.5. The quantitative estimate of drug-likeness (QED) is 0.0557. The summed E-state index contributed by atoms with van der Waals surface area (Å²) in [5.74, 6) is 1.91. The number of ether oxygens (including phenoxy) is 4. The number of piperazine rings is 2. The van der Waals surface area contributed by atoms with Crippen molar-refractivity contribution >= 4 is 11.9 Å². The summed E-state index contributed by atoms with van der Waals surface area (Å²) >= 11 is 0. The first kappa shape index (κ1) is 54.6. The number of carbonyl (C=O) groups excluding carboxylic acids is 2. The van der Waals surface area contributed by atoms with Crippen molar-refractivity contribution < 1.29 is 28.5 Å². The Morgan fingerprint density at radius 3 is 1.57 bits per heavy atom. The molecular formula is C56H72N12O6. The van der Waals surface area contributed by atoms with Crippen LogP contribution in [-0.4, -0.2) is 163 Å².